The topological polar surface area (TPSA) is 125 Å². The van der Waals surface area contributed by atoms with Crippen molar-refractivity contribution in [1.29, 1.82) is 0 Å². The Balaban J connectivity index is 2.60. The van der Waals surface area contributed by atoms with Crippen molar-refractivity contribution < 1.29 is 23.1 Å². The Labute approximate surface area is 120 Å². The number of sulfonamides is 1. The first kappa shape index (κ1) is 16.5. The minimum Gasteiger partial charge on any atom is -0.476 e. The zero-order valence-corrected chi connectivity index (χ0v) is 12.4. The van der Waals surface area contributed by atoms with Crippen LogP contribution in [0.1, 0.15) is 30.3 Å². The molecule has 20 heavy (non-hydrogen) atoms. The maximum atomic E-state index is 11.9. The van der Waals surface area contributed by atoms with Crippen LogP contribution in [-0.4, -0.2) is 43.5 Å². The molecule has 1 heterocycles. The summed E-state index contributed by atoms with van der Waals surface area (Å²) < 4.78 is 25.6. The van der Waals surface area contributed by atoms with Crippen LogP contribution in [0.5, 0.6) is 0 Å². The third kappa shape index (κ3) is 4.54. The molecule has 0 saturated heterocycles. The molecule has 10 heteroatoms. The van der Waals surface area contributed by atoms with Crippen molar-refractivity contribution in [2.45, 2.75) is 24.0 Å². The van der Waals surface area contributed by atoms with Gasteiger partial charge in [0.15, 0.2) is 9.90 Å². The molecule has 0 atom stereocenters. The lowest BCUT2D eigenvalue weighted by Gasteiger charge is -2.06. The molecule has 112 valence electrons. The van der Waals surface area contributed by atoms with Crippen molar-refractivity contribution >= 4 is 33.2 Å². The largest absolute Gasteiger partial charge is 0.476 e. The molecule has 0 aliphatic carbocycles. The standard InChI is InChI=1S/C10H15N3O5S2/c1-2-4-11-7(14)3-5-13-20(17,18)10-8(9(15)16)12-6-19-10/h6,13H,2-5H2,1H3,(H,11,14)(H,15,16). The molecule has 0 radical (unpaired) electrons. The van der Waals surface area contributed by atoms with Crippen LogP contribution >= 0.6 is 11.3 Å². The van der Waals surface area contributed by atoms with Gasteiger partial charge in [-0.15, -0.1) is 11.3 Å². The number of aromatic nitrogens is 1. The lowest BCUT2D eigenvalue weighted by atomic mass is 10.4. The predicted molar refractivity (Wildman–Crippen MR) is 72.2 cm³/mol. The van der Waals surface area contributed by atoms with Gasteiger partial charge in [0, 0.05) is 19.5 Å². The van der Waals surface area contributed by atoms with Gasteiger partial charge in [-0.1, -0.05) is 6.92 Å². The number of nitrogens with one attached hydrogen (secondary N) is 2. The summed E-state index contributed by atoms with van der Waals surface area (Å²) in [4.78, 5) is 25.6. The molecule has 0 aliphatic rings. The molecular formula is C10H15N3O5S2. The summed E-state index contributed by atoms with van der Waals surface area (Å²) in [6.07, 6.45) is 0.779. The van der Waals surface area contributed by atoms with E-state index >= 15 is 0 Å². The molecule has 0 unspecified atom stereocenters. The number of thiazole rings is 1. The number of carbonyl (C=O) groups is 2. The molecule has 0 saturated carbocycles. The molecule has 0 spiro atoms. The van der Waals surface area contributed by atoms with E-state index in [1.54, 1.807) is 0 Å². The molecule has 1 aromatic rings. The van der Waals surface area contributed by atoms with E-state index in [1.165, 1.54) is 0 Å². The number of carboxylic acid groups (broad SMARTS) is 1. The van der Waals surface area contributed by atoms with Crippen molar-refractivity contribution in [3.05, 3.63) is 11.2 Å². The first-order chi connectivity index (χ1) is 9.38. The summed E-state index contributed by atoms with van der Waals surface area (Å²) in [7, 11) is -3.96. The molecule has 0 aliphatic heterocycles. The Morgan fingerprint density at radius 3 is 2.70 bits per heavy atom. The van der Waals surface area contributed by atoms with Gasteiger partial charge < -0.3 is 10.4 Å². The van der Waals surface area contributed by atoms with E-state index < -0.39 is 21.7 Å². The fourth-order valence-electron chi connectivity index (χ4n) is 1.29. The number of carboxylic acids is 1. The van der Waals surface area contributed by atoms with Crippen molar-refractivity contribution in [2.24, 2.45) is 0 Å². The summed E-state index contributed by atoms with van der Waals surface area (Å²) in [5.41, 5.74) is 0.629. The highest BCUT2D eigenvalue weighted by molar-refractivity contribution is 7.91. The zero-order chi connectivity index (χ0) is 15.2. The normalized spacial score (nSPS) is 11.2. The van der Waals surface area contributed by atoms with Gasteiger partial charge in [-0.25, -0.2) is 22.9 Å². The summed E-state index contributed by atoms with van der Waals surface area (Å²) in [5, 5.41) is 11.4. The Bertz CT molecular complexity index is 581. The van der Waals surface area contributed by atoms with E-state index in [9.17, 15) is 18.0 Å². The lowest BCUT2D eigenvalue weighted by Crippen LogP contribution is -2.31. The number of rotatable bonds is 8. The summed E-state index contributed by atoms with van der Waals surface area (Å²) in [6, 6.07) is 0. The van der Waals surface area contributed by atoms with Crippen molar-refractivity contribution in [1.82, 2.24) is 15.0 Å². The predicted octanol–water partition coefficient (Wildman–Crippen LogP) is 0.0359. The number of aromatic carboxylic acids is 1. The van der Waals surface area contributed by atoms with Crippen molar-refractivity contribution in [3.63, 3.8) is 0 Å². The third-order valence-corrected chi connectivity index (χ3v) is 5.03. The Hall–Kier alpha value is -1.52. The van der Waals surface area contributed by atoms with E-state index in [2.05, 4.69) is 15.0 Å². The smallest absolute Gasteiger partial charge is 0.356 e. The highest BCUT2D eigenvalue weighted by Crippen LogP contribution is 2.19. The zero-order valence-electron chi connectivity index (χ0n) is 10.7. The van der Waals surface area contributed by atoms with E-state index in [4.69, 9.17) is 5.11 Å². The summed E-state index contributed by atoms with van der Waals surface area (Å²) >= 11 is 0.715. The Morgan fingerprint density at radius 2 is 2.10 bits per heavy atom. The van der Waals surface area contributed by atoms with Crippen LogP contribution in [0.4, 0.5) is 0 Å². The van der Waals surface area contributed by atoms with Gasteiger partial charge in [-0.2, -0.15) is 0 Å². The second-order valence-electron chi connectivity index (χ2n) is 3.79. The minimum atomic E-state index is -3.96. The van der Waals surface area contributed by atoms with Crippen LogP contribution in [0.2, 0.25) is 0 Å². The van der Waals surface area contributed by atoms with Crippen LogP contribution in [-0.2, 0) is 14.8 Å². The number of nitrogens with zero attached hydrogens (tertiary/aromatic N) is 1. The number of amides is 1. The van der Waals surface area contributed by atoms with Crippen LogP contribution < -0.4 is 10.0 Å². The van der Waals surface area contributed by atoms with Crippen molar-refractivity contribution in [2.75, 3.05) is 13.1 Å². The second kappa shape index (κ2) is 7.31. The molecule has 8 nitrogen and oxygen atoms in total. The van der Waals surface area contributed by atoms with Gasteiger partial charge in [0.25, 0.3) is 10.0 Å². The molecule has 1 aromatic heterocycles. The maximum absolute atomic E-state index is 11.9. The van der Waals surface area contributed by atoms with E-state index in [1.807, 2.05) is 6.92 Å². The van der Waals surface area contributed by atoms with Gasteiger partial charge in [0.2, 0.25) is 5.91 Å². The first-order valence-electron chi connectivity index (χ1n) is 5.81. The van der Waals surface area contributed by atoms with Crippen LogP contribution in [0.25, 0.3) is 0 Å². The minimum absolute atomic E-state index is 0.0135. The molecule has 0 bridgehead atoms. The maximum Gasteiger partial charge on any atom is 0.356 e. The quantitative estimate of drug-likeness (QED) is 0.620. The SMILES string of the molecule is CCCNC(=O)CCNS(=O)(=O)c1scnc1C(=O)O. The summed E-state index contributed by atoms with van der Waals surface area (Å²) in [6.45, 7) is 2.33. The van der Waals surface area contributed by atoms with Gasteiger partial charge in [-0.05, 0) is 6.42 Å². The van der Waals surface area contributed by atoms with Gasteiger partial charge in [0.1, 0.15) is 0 Å². The molecule has 0 fully saturated rings. The van der Waals surface area contributed by atoms with Crippen LogP contribution in [0, 0.1) is 0 Å². The van der Waals surface area contributed by atoms with Crippen molar-refractivity contribution in [3.8, 4) is 0 Å². The first-order valence-corrected chi connectivity index (χ1v) is 8.18. The fraction of sp³-hybridized carbons (Fsp3) is 0.500. The van der Waals surface area contributed by atoms with E-state index in [-0.39, 0.29) is 23.1 Å². The third-order valence-electron chi connectivity index (χ3n) is 2.20. The van der Waals surface area contributed by atoms with Crippen LogP contribution in [0.15, 0.2) is 9.72 Å². The molecule has 1 rings (SSSR count). The molecular weight excluding hydrogens is 306 g/mol. The van der Waals surface area contributed by atoms with E-state index in [0.29, 0.717) is 17.9 Å². The Morgan fingerprint density at radius 1 is 1.40 bits per heavy atom. The number of hydrogen-bond donors (Lipinski definition) is 3. The summed E-state index contributed by atoms with van der Waals surface area (Å²) in [5.74, 6) is -1.68. The lowest BCUT2D eigenvalue weighted by molar-refractivity contribution is -0.120. The number of hydrogen-bond acceptors (Lipinski definition) is 6. The monoisotopic (exact) mass is 321 g/mol. The fourth-order valence-corrected chi connectivity index (χ4v) is 3.50. The average Bonchev–Trinajstić information content (AvgIpc) is 2.86. The van der Waals surface area contributed by atoms with E-state index in [0.717, 1.165) is 11.9 Å². The highest BCUT2D eigenvalue weighted by atomic mass is 32.2. The number of carbonyl (C=O) groups excluding carboxylic acids is 1. The van der Waals surface area contributed by atoms with Gasteiger partial charge in [-0.3, -0.25) is 4.79 Å². The Kier molecular flexibility index (Phi) is 6.05. The van der Waals surface area contributed by atoms with Gasteiger partial charge in [0.05, 0.1) is 5.51 Å². The average molecular weight is 321 g/mol. The molecule has 1 amide bonds. The highest BCUT2D eigenvalue weighted by Gasteiger charge is 2.25. The van der Waals surface area contributed by atoms with Crippen LogP contribution in [0.3, 0.4) is 0 Å². The second-order valence-corrected chi connectivity index (χ2v) is 6.61. The van der Waals surface area contributed by atoms with Gasteiger partial charge >= 0.3 is 5.97 Å². The molecule has 0 aromatic carbocycles. The molecule has 3 N–H and O–H groups in total.